The first-order valence-electron chi connectivity index (χ1n) is 3.81. The Hall–Kier alpha value is -0.640. The molecule has 0 saturated carbocycles. The van der Waals surface area contributed by atoms with Crippen molar-refractivity contribution in [2.24, 2.45) is 0 Å². The molecule has 0 fully saturated rings. The zero-order valence-electron chi connectivity index (χ0n) is 7.32. The fraction of sp³-hybridized carbons (Fsp3) is 0.857. The second-order valence-electron chi connectivity index (χ2n) is 1.52. The van der Waals surface area contributed by atoms with E-state index < -0.39 is 0 Å². The van der Waals surface area contributed by atoms with Gasteiger partial charge in [0.25, 0.3) is 0 Å². The van der Waals surface area contributed by atoms with Gasteiger partial charge >= 0.3 is 0 Å². The van der Waals surface area contributed by atoms with Crippen molar-refractivity contribution in [2.75, 3.05) is 13.2 Å². The number of halogens is 1. The van der Waals surface area contributed by atoms with E-state index in [0.29, 0.717) is 6.42 Å². The minimum Gasteiger partial charge on any atom is -0.354 e. The third-order valence-corrected chi connectivity index (χ3v) is 0.822. The Kier molecular flexibility index (Phi) is 14.3. The molecule has 1 N–H and O–H groups in total. The monoisotopic (exact) mass is 165 g/mol. The molecule has 0 aliphatic rings. The Labute approximate surface area is 66.8 Å². The molecule has 0 bridgehead atoms. The van der Waals surface area contributed by atoms with Gasteiger partial charge in [-0.1, -0.05) is 20.8 Å². The third kappa shape index (κ3) is 12.5. The molecule has 0 saturated heterocycles. The van der Waals surface area contributed by atoms with E-state index in [1.807, 2.05) is 13.8 Å². The molecule has 0 aliphatic heterocycles. The molecule has 0 unspecified atom stereocenters. The molecule has 0 radical (unpaired) electrons. The van der Waals surface area contributed by atoms with Gasteiger partial charge in [0.15, 0.2) is 0 Å². The predicted molar refractivity (Wildman–Crippen MR) is 41.7 cm³/mol. The van der Waals surface area contributed by atoms with Crippen LogP contribution in [0.2, 0.25) is 0 Å². The van der Waals surface area contributed by atoms with E-state index in [1.165, 1.54) is 0 Å². The zero-order valence-corrected chi connectivity index (χ0v) is 7.32. The van der Waals surface area contributed by atoms with Crippen molar-refractivity contribution in [3.8, 4) is 0 Å². The van der Waals surface area contributed by atoms with E-state index in [4.69, 9.17) is 0 Å². The molecule has 0 aromatic carbocycles. The number of amides is 1. The molecule has 4 heteroatoms. The summed E-state index contributed by atoms with van der Waals surface area (Å²) in [5.41, 5.74) is 0. The molecule has 3 nitrogen and oxygen atoms in total. The number of carbonyl (C=O) groups excluding carboxylic acids is 1. The average molecular weight is 165 g/mol. The molecular weight excluding hydrogens is 149 g/mol. The lowest BCUT2D eigenvalue weighted by atomic mass is 10.4. The first-order chi connectivity index (χ1) is 5.31. The second-order valence-corrected chi connectivity index (χ2v) is 1.52. The van der Waals surface area contributed by atoms with Gasteiger partial charge in [-0.25, -0.2) is 0 Å². The summed E-state index contributed by atoms with van der Waals surface area (Å²) in [5, 5.41) is 2.43. The molecular formula is C7H16FNO2. The maximum absolute atomic E-state index is 10.9. The van der Waals surface area contributed by atoms with Crippen LogP contribution in [0.5, 0.6) is 0 Å². The molecule has 0 atom stereocenters. The van der Waals surface area contributed by atoms with E-state index in [2.05, 4.69) is 10.3 Å². The fourth-order valence-electron chi connectivity index (χ4n) is 0.354. The van der Waals surface area contributed by atoms with Crippen molar-refractivity contribution in [3.63, 3.8) is 0 Å². The summed E-state index contributed by atoms with van der Waals surface area (Å²) in [6.45, 7) is 5.89. The van der Waals surface area contributed by atoms with Crippen LogP contribution in [0.4, 0.5) is 4.53 Å². The van der Waals surface area contributed by atoms with Crippen LogP contribution in [-0.2, 0) is 9.74 Å². The topological polar surface area (TPSA) is 38.3 Å². The van der Waals surface area contributed by atoms with Crippen molar-refractivity contribution in [3.05, 3.63) is 0 Å². The van der Waals surface area contributed by atoms with Crippen LogP contribution in [0.1, 0.15) is 27.2 Å². The number of rotatable bonds is 4. The minimum absolute atomic E-state index is 0.0776. The zero-order chi connectivity index (χ0) is 9.11. The molecule has 0 aliphatic carbocycles. The van der Waals surface area contributed by atoms with Gasteiger partial charge in [0.1, 0.15) is 6.61 Å². The quantitative estimate of drug-likeness (QED) is 0.640. The number of carbonyl (C=O) groups is 1. The highest BCUT2D eigenvalue weighted by Gasteiger charge is 1.93. The summed E-state index contributed by atoms with van der Waals surface area (Å²) in [4.78, 5) is 13.6. The highest BCUT2D eigenvalue weighted by molar-refractivity contribution is 5.75. The molecule has 1 amide bonds. The number of hydrogen-bond donors (Lipinski definition) is 1. The smallest absolute Gasteiger partial charge is 0.219 e. The lowest BCUT2D eigenvalue weighted by Crippen LogP contribution is -2.25. The van der Waals surface area contributed by atoms with Crippen LogP contribution in [0.25, 0.3) is 0 Å². The summed E-state index contributed by atoms with van der Waals surface area (Å²) in [7, 11) is 0. The van der Waals surface area contributed by atoms with Crippen LogP contribution >= 0.6 is 0 Å². The Balaban J connectivity index is 0. The standard InChI is InChI=1S/C5H10FNO2.C2H6/c1-2-5(8)7-3-4-9-6;1-2/h2-4H2,1H3,(H,7,8);1-2H3. The predicted octanol–water partition coefficient (Wildman–Crippen LogP) is 1.44. The van der Waals surface area contributed by atoms with E-state index in [-0.39, 0.29) is 19.1 Å². The van der Waals surface area contributed by atoms with Crippen molar-refractivity contribution in [1.29, 1.82) is 0 Å². The van der Waals surface area contributed by atoms with Gasteiger partial charge in [-0.2, -0.15) is 4.94 Å². The first-order valence-corrected chi connectivity index (χ1v) is 3.81. The summed E-state index contributed by atoms with van der Waals surface area (Å²) < 4.78 is 10.9. The molecule has 0 rings (SSSR count). The third-order valence-electron chi connectivity index (χ3n) is 0.822. The highest BCUT2D eigenvalue weighted by Crippen LogP contribution is 1.75. The molecule has 68 valence electrons. The van der Waals surface area contributed by atoms with Crippen molar-refractivity contribution in [2.45, 2.75) is 27.2 Å². The van der Waals surface area contributed by atoms with Crippen LogP contribution < -0.4 is 5.32 Å². The van der Waals surface area contributed by atoms with Gasteiger partial charge in [0, 0.05) is 13.0 Å². The van der Waals surface area contributed by atoms with Crippen molar-refractivity contribution >= 4 is 5.91 Å². The van der Waals surface area contributed by atoms with E-state index in [1.54, 1.807) is 6.92 Å². The molecule has 0 heterocycles. The van der Waals surface area contributed by atoms with Gasteiger partial charge in [0.2, 0.25) is 5.91 Å². The van der Waals surface area contributed by atoms with Crippen LogP contribution in [-0.4, -0.2) is 19.1 Å². The number of nitrogens with one attached hydrogen (secondary N) is 1. The molecule has 11 heavy (non-hydrogen) atoms. The van der Waals surface area contributed by atoms with E-state index >= 15 is 0 Å². The normalized spacial score (nSPS) is 8.00. The van der Waals surface area contributed by atoms with Crippen molar-refractivity contribution < 1.29 is 14.3 Å². The Morgan fingerprint density at radius 2 is 2.09 bits per heavy atom. The summed E-state index contributed by atoms with van der Waals surface area (Å²) in [6.07, 6.45) is 0.423. The van der Waals surface area contributed by atoms with Crippen LogP contribution in [0, 0.1) is 0 Å². The Morgan fingerprint density at radius 3 is 2.45 bits per heavy atom. The van der Waals surface area contributed by atoms with Gasteiger partial charge in [-0.05, 0) is 4.53 Å². The van der Waals surface area contributed by atoms with E-state index in [0.717, 1.165) is 0 Å². The van der Waals surface area contributed by atoms with Gasteiger partial charge in [-0.15, -0.1) is 0 Å². The summed E-state index contributed by atoms with van der Waals surface area (Å²) in [6, 6.07) is 0. The van der Waals surface area contributed by atoms with Crippen LogP contribution in [0.15, 0.2) is 0 Å². The summed E-state index contributed by atoms with van der Waals surface area (Å²) >= 11 is 0. The second kappa shape index (κ2) is 12.1. The Bertz CT molecular complexity index is 88.5. The number of hydrogen-bond acceptors (Lipinski definition) is 2. The summed E-state index contributed by atoms with van der Waals surface area (Å²) in [5.74, 6) is -0.0907. The van der Waals surface area contributed by atoms with Gasteiger partial charge < -0.3 is 5.32 Å². The van der Waals surface area contributed by atoms with Gasteiger partial charge in [0.05, 0.1) is 0 Å². The van der Waals surface area contributed by atoms with Crippen LogP contribution in [0.3, 0.4) is 0 Å². The molecule has 0 aromatic heterocycles. The fourth-order valence-corrected chi connectivity index (χ4v) is 0.354. The maximum Gasteiger partial charge on any atom is 0.219 e. The lowest BCUT2D eigenvalue weighted by Gasteiger charge is -1.97. The highest BCUT2D eigenvalue weighted by atomic mass is 19.3. The molecule has 0 spiro atoms. The largest absolute Gasteiger partial charge is 0.354 e. The maximum atomic E-state index is 10.9. The first kappa shape index (κ1) is 13.0. The minimum atomic E-state index is -0.0907. The van der Waals surface area contributed by atoms with Crippen molar-refractivity contribution in [1.82, 2.24) is 5.32 Å². The molecule has 0 aromatic rings. The lowest BCUT2D eigenvalue weighted by molar-refractivity contribution is -0.134. The SMILES string of the molecule is CC.CCC(=O)NCCOF. The Morgan fingerprint density at radius 1 is 1.55 bits per heavy atom. The van der Waals surface area contributed by atoms with Gasteiger partial charge in [-0.3, -0.25) is 4.79 Å². The average Bonchev–Trinajstić information content (AvgIpc) is 2.08. The van der Waals surface area contributed by atoms with E-state index in [9.17, 15) is 9.32 Å².